The van der Waals surface area contributed by atoms with E-state index in [-0.39, 0.29) is 5.82 Å². The summed E-state index contributed by atoms with van der Waals surface area (Å²) in [6.45, 7) is 3.95. The van der Waals surface area contributed by atoms with Crippen LogP contribution in [-0.2, 0) is 0 Å². The summed E-state index contributed by atoms with van der Waals surface area (Å²) in [6.07, 6.45) is 4.24. The number of pyridine rings is 1. The molecule has 0 bridgehead atoms. The van der Waals surface area contributed by atoms with Gasteiger partial charge in [-0.25, -0.2) is 9.37 Å². The van der Waals surface area contributed by atoms with Crippen molar-refractivity contribution in [2.24, 2.45) is 0 Å². The van der Waals surface area contributed by atoms with Crippen molar-refractivity contribution in [1.29, 1.82) is 0 Å². The zero-order valence-corrected chi connectivity index (χ0v) is 17.7. The maximum absolute atomic E-state index is 14.8. The van der Waals surface area contributed by atoms with Crippen molar-refractivity contribution in [3.63, 3.8) is 0 Å². The Labute approximate surface area is 172 Å². The van der Waals surface area contributed by atoms with E-state index in [1.54, 1.807) is 6.07 Å². The Balaban J connectivity index is 1.90. The van der Waals surface area contributed by atoms with Gasteiger partial charge in [-0.05, 0) is 69.3 Å². The number of piperidine rings is 1. The molecule has 1 atom stereocenters. The summed E-state index contributed by atoms with van der Waals surface area (Å²) in [5, 5.41) is 5.33. The van der Waals surface area contributed by atoms with E-state index in [0.717, 1.165) is 52.9 Å². The summed E-state index contributed by atoms with van der Waals surface area (Å²) in [5.41, 5.74) is 3.69. The minimum absolute atomic E-state index is 0.181. The predicted octanol–water partition coefficient (Wildman–Crippen LogP) is 4.92. The van der Waals surface area contributed by atoms with Gasteiger partial charge < -0.3 is 15.1 Å². The van der Waals surface area contributed by atoms with Crippen LogP contribution in [0.4, 0.5) is 15.9 Å². The zero-order valence-electron chi connectivity index (χ0n) is 17.7. The molecule has 3 aromatic rings. The number of fused-ring (bicyclic) bond motifs is 1. The van der Waals surface area contributed by atoms with Gasteiger partial charge >= 0.3 is 0 Å². The molecule has 1 fully saturated rings. The van der Waals surface area contributed by atoms with Gasteiger partial charge in [-0.1, -0.05) is 12.1 Å². The summed E-state index contributed by atoms with van der Waals surface area (Å²) in [6, 6.07) is 12.1. The Morgan fingerprint density at radius 1 is 1.21 bits per heavy atom. The molecule has 152 valence electrons. The van der Waals surface area contributed by atoms with Crippen molar-refractivity contribution >= 4 is 22.3 Å². The Kier molecular flexibility index (Phi) is 5.41. The van der Waals surface area contributed by atoms with E-state index in [0.29, 0.717) is 11.6 Å². The van der Waals surface area contributed by atoms with Crippen LogP contribution in [0.5, 0.6) is 0 Å². The second-order valence-corrected chi connectivity index (χ2v) is 8.17. The molecule has 29 heavy (non-hydrogen) atoms. The quantitative estimate of drug-likeness (QED) is 0.683. The maximum Gasteiger partial charge on any atom is 0.131 e. The number of rotatable bonds is 4. The summed E-state index contributed by atoms with van der Waals surface area (Å²) >= 11 is 0. The highest BCUT2D eigenvalue weighted by Crippen LogP contribution is 2.37. The van der Waals surface area contributed by atoms with Crippen molar-refractivity contribution < 1.29 is 4.39 Å². The molecule has 1 N–H and O–H groups in total. The predicted molar refractivity (Wildman–Crippen MR) is 120 cm³/mol. The molecule has 1 aromatic heterocycles. The number of anilines is 2. The molecule has 0 aliphatic carbocycles. The first-order chi connectivity index (χ1) is 14.0. The number of aromatic nitrogens is 1. The summed E-state index contributed by atoms with van der Waals surface area (Å²) < 4.78 is 14.8. The van der Waals surface area contributed by atoms with Crippen LogP contribution in [0, 0.1) is 12.7 Å². The normalized spacial score (nSPS) is 17.2. The fourth-order valence-corrected chi connectivity index (χ4v) is 4.37. The zero-order chi connectivity index (χ0) is 20.5. The highest BCUT2D eigenvalue weighted by Gasteiger charge is 2.24. The van der Waals surface area contributed by atoms with E-state index >= 15 is 0 Å². The number of nitrogens with one attached hydrogen (secondary N) is 1. The monoisotopic (exact) mass is 392 g/mol. The maximum atomic E-state index is 14.8. The van der Waals surface area contributed by atoms with Gasteiger partial charge in [0.1, 0.15) is 11.6 Å². The smallest absolute Gasteiger partial charge is 0.131 e. The lowest BCUT2D eigenvalue weighted by Gasteiger charge is -2.38. The molecule has 5 heteroatoms. The molecule has 0 spiro atoms. The van der Waals surface area contributed by atoms with E-state index in [9.17, 15) is 4.39 Å². The van der Waals surface area contributed by atoms with Crippen molar-refractivity contribution in [2.75, 3.05) is 44.4 Å². The van der Waals surface area contributed by atoms with Gasteiger partial charge in [-0.3, -0.25) is 0 Å². The number of nitrogens with zero attached hydrogens (tertiary/aromatic N) is 3. The second-order valence-electron chi connectivity index (χ2n) is 8.17. The highest BCUT2D eigenvalue weighted by molar-refractivity contribution is 5.99. The second kappa shape index (κ2) is 7.99. The number of likely N-dealkylation sites (N-methyl/N-ethyl adjacent to an activating group) is 1. The van der Waals surface area contributed by atoms with Gasteiger partial charge in [-0.15, -0.1) is 0 Å². The van der Waals surface area contributed by atoms with E-state index in [1.165, 1.54) is 12.5 Å². The molecular formula is C24H29FN4. The van der Waals surface area contributed by atoms with Crippen LogP contribution in [0.3, 0.4) is 0 Å². The number of aryl methyl sites for hydroxylation is 1. The lowest BCUT2D eigenvalue weighted by atomic mass is 9.95. The van der Waals surface area contributed by atoms with Gasteiger partial charge in [0.05, 0.1) is 0 Å². The van der Waals surface area contributed by atoms with E-state index in [1.807, 2.05) is 26.2 Å². The van der Waals surface area contributed by atoms with E-state index in [4.69, 9.17) is 0 Å². The molecule has 0 amide bonds. The van der Waals surface area contributed by atoms with Gasteiger partial charge in [0, 0.05) is 54.4 Å². The summed E-state index contributed by atoms with van der Waals surface area (Å²) in [4.78, 5) is 9.26. The first kappa shape index (κ1) is 19.6. The molecule has 1 saturated heterocycles. The van der Waals surface area contributed by atoms with Gasteiger partial charge in [0.25, 0.3) is 0 Å². The fourth-order valence-electron chi connectivity index (χ4n) is 4.37. The van der Waals surface area contributed by atoms with Crippen LogP contribution in [0.2, 0.25) is 0 Å². The van der Waals surface area contributed by atoms with Crippen LogP contribution >= 0.6 is 0 Å². The largest absolute Gasteiger partial charge is 0.373 e. The van der Waals surface area contributed by atoms with E-state index in [2.05, 4.69) is 52.4 Å². The standard InChI is InChI=1S/C24H29FN4/c1-16-7-5-9-21(25)24(16)17-11-18-14-27-23(26-2)13-20(18)22(12-17)29-10-6-8-19(15-29)28(3)4/h5,7,9,11-14,19H,6,8,10,15H2,1-4H3,(H,26,27)/t19-/m0/s1. The molecule has 1 aliphatic rings. The van der Waals surface area contributed by atoms with Crippen LogP contribution in [0.15, 0.2) is 42.6 Å². The lowest BCUT2D eigenvalue weighted by Crippen LogP contribution is -2.45. The third-order valence-electron chi connectivity index (χ3n) is 6.05. The third kappa shape index (κ3) is 3.79. The molecule has 0 radical (unpaired) electrons. The fraction of sp³-hybridized carbons (Fsp3) is 0.375. The van der Waals surface area contributed by atoms with Crippen LogP contribution in [0.1, 0.15) is 18.4 Å². The minimum Gasteiger partial charge on any atom is -0.373 e. The average molecular weight is 393 g/mol. The highest BCUT2D eigenvalue weighted by atomic mass is 19.1. The van der Waals surface area contributed by atoms with Crippen molar-refractivity contribution in [2.45, 2.75) is 25.8 Å². The van der Waals surface area contributed by atoms with Gasteiger partial charge in [-0.2, -0.15) is 0 Å². The molecule has 2 heterocycles. The van der Waals surface area contributed by atoms with Crippen LogP contribution in [-0.4, -0.2) is 50.2 Å². The molecule has 4 nitrogen and oxygen atoms in total. The van der Waals surface area contributed by atoms with Gasteiger partial charge in [0.2, 0.25) is 0 Å². The molecule has 1 aliphatic heterocycles. The lowest BCUT2D eigenvalue weighted by molar-refractivity contribution is 0.258. The molecule has 0 unspecified atom stereocenters. The molecular weight excluding hydrogens is 363 g/mol. The summed E-state index contributed by atoms with van der Waals surface area (Å²) in [5.74, 6) is 0.662. The van der Waals surface area contributed by atoms with Gasteiger partial charge in [0.15, 0.2) is 0 Å². The topological polar surface area (TPSA) is 31.4 Å². The molecule has 4 rings (SSSR count). The molecule has 2 aromatic carbocycles. The van der Waals surface area contributed by atoms with Crippen LogP contribution in [0.25, 0.3) is 21.9 Å². The minimum atomic E-state index is -0.181. The molecule has 0 saturated carbocycles. The number of hydrogen-bond acceptors (Lipinski definition) is 4. The summed E-state index contributed by atoms with van der Waals surface area (Å²) in [7, 11) is 6.18. The first-order valence-corrected chi connectivity index (χ1v) is 10.3. The van der Waals surface area contributed by atoms with Crippen molar-refractivity contribution in [3.05, 3.63) is 54.0 Å². The van der Waals surface area contributed by atoms with Crippen LogP contribution < -0.4 is 10.2 Å². The number of halogens is 1. The SMILES string of the molecule is CNc1cc2c(N3CCC[C@H](N(C)C)C3)cc(-c3c(C)cccc3F)cc2cn1. The Morgan fingerprint density at radius 2 is 2.03 bits per heavy atom. The number of benzene rings is 2. The van der Waals surface area contributed by atoms with E-state index < -0.39 is 0 Å². The number of hydrogen-bond donors (Lipinski definition) is 1. The Morgan fingerprint density at radius 3 is 2.76 bits per heavy atom. The Bertz CT molecular complexity index is 1010. The Hall–Kier alpha value is -2.66. The van der Waals surface area contributed by atoms with Crippen molar-refractivity contribution in [3.8, 4) is 11.1 Å². The first-order valence-electron chi connectivity index (χ1n) is 10.3. The third-order valence-corrected chi connectivity index (χ3v) is 6.05. The van der Waals surface area contributed by atoms with Crippen molar-refractivity contribution in [1.82, 2.24) is 9.88 Å². The average Bonchev–Trinajstić information content (AvgIpc) is 2.72.